The van der Waals surface area contributed by atoms with Crippen LogP contribution < -0.4 is 0 Å². The fourth-order valence-electron chi connectivity index (χ4n) is 3.76. The van der Waals surface area contributed by atoms with Gasteiger partial charge in [0, 0.05) is 12.0 Å². The third-order valence-electron chi connectivity index (χ3n) is 5.08. The molecular formula is C24H28OSi. The lowest BCUT2D eigenvalue weighted by atomic mass is 10.1. The quantitative estimate of drug-likeness (QED) is 0.557. The average Bonchev–Trinajstić information content (AvgIpc) is 3.00. The monoisotopic (exact) mass is 360 g/mol. The molecule has 0 amide bonds. The Morgan fingerprint density at radius 3 is 2.15 bits per heavy atom. The fraction of sp³-hybridized carbons (Fsp3) is 0.292. The largest absolute Gasteiger partial charge is 0.294 e. The molecule has 0 radical (unpaired) electrons. The summed E-state index contributed by atoms with van der Waals surface area (Å²) in [7, 11) is -1.47. The van der Waals surface area contributed by atoms with Crippen LogP contribution in [0.5, 0.6) is 0 Å². The third-order valence-corrected chi connectivity index (χ3v) is 7.46. The summed E-state index contributed by atoms with van der Waals surface area (Å²) in [6.45, 7) is 7.20. The molecule has 0 aromatic heterocycles. The highest BCUT2D eigenvalue weighted by molar-refractivity contribution is 6.83. The van der Waals surface area contributed by atoms with E-state index in [4.69, 9.17) is 0 Å². The van der Waals surface area contributed by atoms with Crippen LogP contribution in [0.15, 0.2) is 77.5 Å². The molecule has 2 aromatic rings. The second-order valence-electron chi connectivity index (χ2n) is 8.12. The van der Waals surface area contributed by atoms with Gasteiger partial charge in [0.2, 0.25) is 0 Å². The van der Waals surface area contributed by atoms with Crippen LogP contribution in [0.25, 0.3) is 5.57 Å². The van der Waals surface area contributed by atoms with Gasteiger partial charge in [-0.25, -0.2) is 0 Å². The maximum absolute atomic E-state index is 12.6. The Labute approximate surface area is 158 Å². The molecule has 0 fully saturated rings. The van der Waals surface area contributed by atoms with Crippen LogP contribution in [0.3, 0.4) is 0 Å². The van der Waals surface area contributed by atoms with Crippen molar-refractivity contribution in [2.24, 2.45) is 0 Å². The predicted octanol–water partition coefficient (Wildman–Crippen LogP) is 6.24. The number of ketones is 1. The number of aryl methyl sites for hydroxylation is 1. The molecule has 0 aliphatic heterocycles. The first-order chi connectivity index (χ1) is 12.4. The van der Waals surface area contributed by atoms with Gasteiger partial charge in [0.25, 0.3) is 0 Å². The molecule has 0 unspecified atom stereocenters. The number of carbonyl (C=O) groups excluding carboxylic acids is 1. The van der Waals surface area contributed by atoms with Crippen LogP contribution >= 0.6 is 0 Å². The molecule has 0 atom stereocenters. The number of carbonyl (C=O) groups is 1. The second kappa shape index (κ2) is 8.01. The van der Waals surface area contributed by atoms with E-state index in [0.29, 0.717) is 6.42 Å². The second-order valence-corrected chi connectivity index (χ2v) is 13.2. The van der Waals surface area contributed by atoms with E-state index in [-0.39, 0.29) is 5.78 Å². The summed E-state index contributed by atoms with van der Waals surface area (Å²) in [5.41, 5.74) is 4.63. The van der Waals surface area contributed by atoms with E-state index in [1.807, 2.05) is 30.3 Å². The first-order valence-corrected chi connectivity index (χ1v) is 13.0. The molecule has 2 aromatic carbocycles. The zero-order chi connectivity index (χ0) is 18.6. The average molecular weight is 361 g/mol. The highest BCUT2D eigenvalue weighted by atomic mass is 28.3. The first kappa shape index (κ1) is 18.6. The normalized spacial score (nSPS) is 16.6. The van der Waals surface area contributed by atoms with Gasteiger partial charge in [-0.2, -0.15) is 0 Å². The minimum absolute atomic E-state index is 0.269. The molecule has 134 valence electrons. The van der Waals surface area contributed by atoms with E-state index in [2.05, 4.69) is 56.0 Å². The van der Waals surface area contributed by atoms with Crippen molar-refractivity contribution < 1.29 is 4.79 Å². The van der Waals surface area contributed by atoms with Crippen molar-refractivity contribution in [2.45, 2.75) is 45.3 Å². The number of hydrogen-bond acceptors (Lipinski definition) is 1. The zero-order valence-corrected chi connectivity index (χ0v) is 17.1. The van der Waals surface area contributed by atoms with Gasteiger partial charge >= 0.3 is 0 Å². The zero-order valence-electron chi connectivity index (χ0n) is 16.1. The van der Waals surface area contributed by atoms with E-state index < -0.39 is 8.07 Å². The maximum Gasteiger partial charge on any atom is 0.167 e. The molecule has 1 aliphatic carbocycles. The first-order valence-electron chi connectivity index (χ1n) is 9.52. The predicted molar refractivity (Wildman–Crippen MR) is 114 cm³/mol. The standard InChI is InChI=1S/C24H28OSi/c1-26(2,3)24(16-10-13-19-11-6-4-7-12-19)21-17-22(23(25)18-21)20-14-8-5-9-15-20/h4-9,11-12,14-15,17H,10,13,16,18H2,1-3H3/b24-21+. The smallest absolute Gasteiger partial charge is 0.167 e. The molecule has 0 heterocycles. The van der Waals surface area contributed by atoms with Crippen LogP contribution in [0.1, 0.15) is 30.4 Å². The summed E-state index contributed by atoms with van der Waals surface area (Å²) < 4.78 is 0. The van der Waals surface area contributed by atoms with E-state index in [1.165, 1.54) is 11.1 Å². The molecule has 0 saturated carbocycles. The molecule has 1 nitrogen and oxygen atoms in total. The van der Waals surface area contributed by atoms with Crippen molar-refractivity contribution >= 4 is 19.4 Å². The minimum atomic E-state index is -1.47. The van der Waals surface area contributed by atoms with Gasteiger partial charge in [0.05, 0.1) is 8.07 Å². The van der Waals surface area contributed by atoms with E-state index in [1.54, 1.807) is 5.20 Å². The molecule has 0 saturated heterocycles. The maximum atomic E-state index is 12.6. The molecule has 26 heavy (non-hydrogen) atoms. The van der Waals surface area contributed by atoms with Crippen molar-refractivity contribution in [3.05, 3.63) is 88.6 Å². The lowest BCUT2D eigenvalue weighted by Gasteiger charge is -2.23. The van der Waals surface area contributed by atoms with Crippen molar-refractivity contribution in [3.63, 3.8) is 0 Å². The fourth-order valence-corrected chi connectivity index (χ4v) is 5.81. The topological polar surface area (TPSA) is 17.1 Å². The van der Waals surface area contributed by atoms with E-state index >= 15 is 0 Å². The number of benzene rings is 2. The van der Waals surface area contributed by atoms with Crippen LogP contribution in [0.4, 0.5) is 0 Å². The number of allylic oxidation sites excluding steroid dienone is 4. The summed E-state index contributed by atoms with van der Waals surface area (Å²) in [4.78, 5) is 12.6. The highest BCUT2D eigenvalue weighted by Gasteiger charge is 2.28. The Hall–Kier alpha value is -2.19. The Bertz CT molecular complexity index is 824. The Kier molecular flexibility index (Phi) is 5.73. The Morgan fingerprint density at radius 1 is 0.923 bits per heavy atom. The lowest BCUT2D eigenvalue weighted by Crippen LogP contribution is -2.25. The van der Waals surface area contributed by atoms with E-state index in [9.17, 15) is 4.79 Å². The Balaban J connectivity index is 1.83. The van der Waals surface area contributed by atoms with Gasteiger partial charge in [-0.15, -0.1) is 0 Å². The molecule has 0 N–H and O–H groups in total. The molecule has 0 bridgehead atoms. The van der Waals surface area contributed by atoms with Gasteiger partial charge < -0.3 is 0 Å². The highest BCUT2D eigenvalue weighted by Crippen LogP contribution is 2.34. The number of Topliss-reactive ketones (excluding diaryl/α,β-unsaturated/α-hetero) is 1. The molecule has 3 rings (SSSR count). The van der Waals surface area contributed by atoms with Crippen LogP contribution in [0.2, 0.25) is 19.6 Å². The third kappa shape index (κ3) is 4.50. The number of hydrogen-bond donors (Lipinski definition) is 0. The van der Waals surface area contributed by atoms with Gasteiger partial charge in [-0.05, 0) is 42.0 Å². The van der Waals surface area contributed by atoms with Crippen LogP contribution in [0, 0.1) is 0 Å². The molecular weight excluding hydrogens is 332 g/mol. The minimum Gasteiger partial charge on any atom is -0.294 e. The van der Waals surface area contributed by atoms with Crippen molar-refractivity contribution in [1.29, 1.82) is 0 Å². The van der Waals surface area contributed by atoms with Crippen LogP contribution in [-0.2, 0) is 11.2 Å². The van der Waals surface area contributed by atoms with Crippen molar-refractivity contribution in [1.82, 2.24) is 0 Å². The SMILES string of the molecule is C[Si](C)(C)/C(CCCc1ccccc1)=C1\C=C(c2ccccc2)C(=O)C1. The van der Waals surface area contributed by atoms with Gasteiger partial charge in [-0.1, -0.05) is 85.5 Å². The molecule has 1 aliphatic rings. The van der Waals surface area contributed by atoms with Gasteiger partial charge in [-0.3, -0.25) is 4.79 Å². The summed E-state index contributed by atoms with van der Waals surface area (Å²) in [6, 6.07) is 20.8. The van der Waals surface area contributed by atoms with Gasteiger partial charge in [0.1, 0.15) is 0 Å². The van der Waals surface area contributed by atoms with E-state index in [0.717, 1.165) is 30.4 Å². The van der Waals surface area contributed by atoms with Crippen LogP contribution in [-0.4, -0.2) is 13.9 Å². The summed E-state index contributed by atoms with van der Waals surface area (Å²) >= 11 is 0. The molecule has 0 spiro atoms. The molecule has 2 heteroatoms. The number of rotatable bonds is 6. The van der Waals surface area contributed by atoms with Crippen molar-refractivity contribution in [2.75, 3.05) is 0 Å². The Morgan fingerprint density at radius 2 is 1.54 bits per heavy atom. The van der Waals surface area contributed by atoms with Gasteiger partial charge in [0.15, 0.2) is 5.78 Å². The summed E-state index contributed by atoms with van der Waals surface area (Å²) in [5.74, 6) is 0.269. The van der Waals surface area contributed by atoms with Crippen molar-refractivity contribution in [3.8, 4) is 0 Å². The lowest BCUT2D eigenvalue weighted by molar-refractivity contribution is -0.112. The summed E-state index contributed by atoms with van der Waals surface area (Å²) in [5, 5.41) is 1.56. The summed E-state index contributed by atoms with van der Waals surface area (Å²) in [6.07, 6.45) is 6.11.